The van der Waals surface area contributed by atoms with E-state index in [0.717, 1.165) is 24.2 Å². The smallest absolute Gasteiger partial charge is 0.123 e. The molecular formula is C14H23NO2. The zero-order valence-electron chi connectivity index (χ0n) is 10.9. The predicted molar refractivity (Wildman–Crippen MR) is 70.3 cm³/mol. The fraction of sp³-hybridized carbons (Fsp3) is 0.571. The van der Waals surface area contributed by atoms with E-state index in [1.54, 1.807) is 7.11 Å². The summed E-state index contributed by atoms with van der Waals surface area (Å²) in [6.07, 6.45) is 1.80. The molecule has 0 heterocycles. The molecule has 1 aromatic carbocycles. The van der Waals surface area contributed by atoms with Crippen molar-refractivity contribution in [3.63, 3.8) is 0 Å². The van der Waals surface area contributed by atoms with Crippen molar-refractivity contribution in [1.82, 2.24) is 5.32 Å². The van der Waals surface area contributed by atoms with E-state index in [2.05, 4.69) is 25.2 Å². The number of hydrogen-bond acceptors (Lipinski definition) is 3. The fourth-order valence-electron chi connectivity index (χ4n) is 2.03. The highest BCUT2D eigenvalue weighted by Crippen LogP contribution is 2.25. The average Bonchev–Trinajstić information content (AvgIpc) is 2.38. The third-order valence-electron chi connectivity index (χ3n) is 3.06. The van der Waals surface area contributed by atoms with Gasteiger partial charge in [0, 0.05) is 24.3 Å². The number of ether oxygens (including phenoxy) is 1. The van der Waals surface area contributed by atoms with Crippen molar-refractivity contribution in [1.29, 1.82) is 0 Å². The van der Waals surface area contributed by atoms with Gasteiger partial charge in [-0.15, -0.1) is 0 Å². The van der Waals surface area contributed by atoms with Crippen LogP contribution < -0.4 is 10.1 Å². The van der Waals surface area contributed by atoms with Crippen LogP contribution in [0.1, 0.15) is 38.3 Å². The maximum atomic E-state index is 8.99. The van der Waals surface area contributed by atoms with E-state index in [1.165, 1.54) is 0 Å². The van der Waals surface area contributed by atoms with Crippen LogP contribution in [0.4, 0.5) is 0 Å². The molecular weight excluding hydrogens is 214 g/mol. The standard InChI is InChI=1S/C14H23NO2/c1-4-12(9-10-16)15-11(2)13-7-5-6-8-14(13)17-3/h5-8,11-12,15-16H,4,9-10H2,1-3H3. The van der Waals surface area contributed by atoms with Gasteiger partial charge >= 0.3 is 0 Å². The number of aliphatic hydroxyl groups is 1. The number of benzene rings is 1. The Morgan fingerprint density at radius 1 is 1.35 bits per heavy atom. The van der Waals surface area contributed by atoms with Crippen molar-refractivity contribution in [3.8, 4) is 5.75 Å². The molecule has 0 fully saturated rings. The topological polar surface area (TPSA) is 41.5 Å². The van der Waals surface area contributed by atoms with Crippen LogP contribution in [0.5, 0.6) is 5.75 Å². The van der Waals surface area contributed by atoms with Gasteiger partial charge in [-0.2, -0.15) is 0 Å². The Bertz CT molecular complexity index is 328. The molecule has 2 atom stereocenters. The largest absolute Gasteiger partial charge is 0.496 e. The van der Waals surface area contributed by atoms with Crippen LogP contribution in [0.25, 0.3) is 0 Å². The van der Waals surface area contributed by atoms with Gasteiger partial charge in [-0.1, -0.05) is 25.1 Å². The first kappa shape index (κ1) is 14.0. The highest BCUT2D eigenvalue weighted by Gasteiger charge is 2.14. The zero-order valence-corrected chi connectivity index (χ0v) is 10.9. The Labute approximate surface area is 104 Å². The number of rotatable bonds is 7. The van der Waals surface area contributed by atoms with Crippen molar-refractivity contribution in [3.05, 3.63) is 29.8 Å². The first-order chi connectivity index (χ1) is 8.22. The quantitative estimate of drug-likeness (QED) is 0.765. The van der Waals surface area contributed by atoms with Crippen LogP contribution in [-0.4, -0.2) is 24.9 Å². The van der Waals surface area contributed by atoms with Gasteiger partial charge < -0.3 is 15.2 Å². The Hall–Kier alpha value is -1.06. The minimum Gasteiger partial charge on any atom is -0.496 e. The molecule has 0 amide bonds. The molecule has 1 rings (SSSR count). The van der Waals surface area contributed by atoms with Crippen molar-refractivity contribution < 1.29 is 9.84 Å². The van der Waals surface area contributed by atoms with Crippen LogP contribution in [-0.2, 0) is 0 Å². The van der Waals surface area contributed by atoms with Gasteiger partial charge in [0.15, 0.2) is 0 Å². The Morgan fingerprint density at radius 3 is 2.65 bits per heavy atom. The second kappa shape index (κ2) is 7.30. The lowest BCUT2D eigenvalue weighted by Gasteiger charge is -2.23. The monoisotopic (exact) mass is 237 g/mol. The molecule has 0 spiro atoms. The van der Waals surface area contributed by atoms with Crippen molar-refractivity contribution >= 4 is 0 Å². The minimum atomic E-state index is 0.225. The number of aliphatic hydroxyl groups excluding tert-OH is 1. The first-order valence-corrected chi connectivity index (χ1v) is 6.22. The summed E-state index contributed by atoms with van der Waals surface area (Å²) in [5, 5.41) is 12.5. The lowest BCUT2D eigenvalue weighted by Crippen LogP contribution is -2.32. The summed E-state index contributed by atoms with van der Waals surface area (Å²) in [5.41, 5.74) is 1.16. The van der Waals surface area contributed by atoms with Crippen molar-refractivity contribution in [2.24, 2.45) is 0 Å². The summed E-state index contributed by atoms with van der Waals surface area (Å²) in [6.45, 7) is 4.48. The van der Waals surface area contributed by atoms with Crippen molar-refractivity contribution in [2.75, 3.05) is 13.7 Å². The maximum absolute atomic E-state index is 8.99. The molecule has 0 bridgehead atoms. The maximum Gasteiger partial charge on any atom is 0.123 e. The van der Waals surface area contributed by atoms with E-state index >= 15 is 0 Å². The molecule has 0 saturated heterocycles. The molecule has 17 heavy (non-hydrogen) atoms. The van der Waals surface area contributed by atoms with Gasteiger partial charge in [0.2, 0.25) is 0 Å². The van der Waals surface area contributed by atoms with E-state index in [4.69, 9.17) is 9.84 Å². The summed E-state index contributed by atoms with van der Waals surface area (Å²) in [4.78, 5) is 0. The summed E-state index contributed by atoms with van der Waals surface area (Å²) in [5.74, 6) is 0.909. The molecule has 2 unspecified atom stereocenters. The summed E-state index contributed by atoms with van der Waals surface area (Å²) >= 11 is 0. The van der Waals surface area contributed by atoms with E-state index in [-0.39, 0.29) is 12.6 Å². The molecule has 3 nitrogen and oxygen atoms in total. The SMILES string of the molecule is CCC(CCO)NC(C)c1ccccc1OC. The summed E-state index contributed by atoms with van der Waals surface area (Å²) in [6, 6.07) is 8.61. The molecule has 0 aliphatic rings. The summed E-state index contributed by atoms with van der Waals surface area (Å²) < 4.78 is 5.35. The Balaban J connectivity index is 2.71. The van der Waals surface area contributed by atoms with Crippen LogP contribution in [0.15, 0.2) is 24.3 Å². The number of hydrogen-bond donors (Lipinski definition) is 2. The van der Waals surface area contributed by atoms with Crippen LogP contribution in [0, 0.1) is 0 Å². The zero-order chi connectivity index (χ0) is 12.7. The van der Waals surface area contributed by atoms with Gasteiger partial charge in [-0.25, -0.2) is 0 Å². The fourth-order valence-corrected chi connectivity index (χ4v) is 2.03. The lowest BCUT2D eigenvalue weighted by molar-refractivity contribution is 0.256. The number of nitrogens with one attached hydrogen (secondary N) is 1. The highest BCUT2D eigenvalue weighted by atomic mass is 16.5. The van der Waals surface area contributed by atoms with Crippen LogP contribution >= 0.6 is 0 Å². The molecule has 96 valence electrons. The Morgan fingerprint density at radius 2 is 2.06 bits per heavy atom. The predicted octanol–water partition coefficient (Wildman–Crippen LogP) is 2.51. The molecule has 3 heteroatoms. The van der Waals surface area contributed by atoms with Crippen LogP contribution in [0.2, 0.25) is 0 Å². The normalized spacial score (nSPS) is 14.4. The molecule has 0 saturated carbocycles. The number of para-hydroxylation sites is 1. The highest BCUT2D eigenvalue weighted by molar-refractivity contribution is 5.35. The average molecular weight is 237 g/mol. The van der Waals surface area contributed by atoms with Gasteiger partial charge in [0.1, 0.15) is 5.75 Å². The van der Waals surface area contributed by atoms with Gasteiger partial charge in [0.05, 0.1) is 7.11 Å². The molecule has 2 N–H and O–H groups in total. The third kappa shape index (κ3) is 4.02. The molecule has 1 aromatic rings. The van der Waals surface area contributed by atoms with E-state index in [0.29, 0.717) is 6.04 Å². The molecule has 0 aromatic heterocycles. The van der Waals surface area contributed by atoms with Crippen molar-refractivity contribution in [2.45, 2.75) is 38.8 Å². The van der Waals surface area contributed by atoms with Gasteiger partial charge in [0.25, 0.3) is 0 Å². The minimum absolute atomic E-state index is 0.225. The second-order valence-electron chi connectivity index (χ2n) is 4.25. The number of methoxy groups -OCH3 is 1. The summed E-state index contributed by atoms with van der Waals surface area (Å²) in [7, 11) is 1.69. The second-order valence-corrected chi connectivity index (χ2v) is 4.25. The third-order valence-corrected chi connectivity index (χ3v) is 3.06. The first-order valence-electron chi connectivity index (χ1n) is 6.22. The molecule has 0 aliphatic heterocycles. The lowest BCUT2D eigenvalue weighted by atomic mass is 10.0. The van der Waals surface area contributed by atoms with Gasteiger partial charge in [-0.3, -0.25) is 0 Å². The van der Waals surface area contributed by atoms with Crippen LogP contribution in [0.3, 0.4) is 0 Å². The van der Waals surface area contributed by atoms with E-state index in [9.17, 15) is 0 Å². The van der Waals surface area contributed by atoms with E-state index in [1.807, 2.05) is 18.2 Å². The van der Waals surface area contributed by atoms with Gasteiger partial charge in [-0.05, 0) is 25.8 Å². The Kier molecular flexibility index (Phi) is 6.01. The molecule has 0 radical (unpaired) electrons. The van der Waals surface area contributed by atoms with E-state index < -0.39 is 0 Å². The molecule has 0 aliphatic carbocycles.